The number of nitrogens with zero attached hydrogens (tertiary/aromatic N) is 1. The largest absolute Gasteiger partial charge is 0.497 e. The molecule has 49 heavy (non-hydrogen) atoms. The average Bonchev–Trinajstić information content (AvgIpc) is 3.67. The van der Waals surface area contributed by atoms with Crippen LogP contribution in [0, 0.1) is 11.3 Å². The van der Waals surface area contributed by atoms with E-state index in [1.807, 2.05) is 58.0 Å². The molecule has 0 bridgehead atoms. The topological polar surface area (TPSA) is 164 Å². The second kappa shape index (κ2) is 15.3. The lowest BCUT2D eigenvalue weighted by atomic mass is 9.85. The van der Waals surface area contributed by atoms with Crippen LogP contribution in [-0.2, 0) is 33.5 Å². The lowest BCUT2D eigenvalue weighted by Gasteiger charge is -2.36. The number of methoxy groups -OCH3 is 1. The Balaban J connectivity index is 1.41. The quantitative estimate of drug-likeness (QED) is 0.229. The molecule has 1 aromatic rings. The lowest BCUT2D eigenvalue weighted by molar-refractivity contribution is -0.145. The molecule has 0 aromatic heterocycles. The number of nitrogens with one attached hydrogen (secondary N) is 4. The Morgan fingerprint density at radius 3 is 2.47 bits per heavy atom. The van der Waals surface area contributed by atoms with Gasteiger partial charge in [0.15, 0.2) is 0 Å². The number of carbonyl (C=O) groups excluding carboxylic acids is 5. The highest BCUT2D eigenvalue weighted by Gasteiger charge is 2.54. The monoisotopic (exact) mass is 681 g/mol. The van der Waals surface area contributed by atoms with Gasteiger partial charge in [0, 0.05) is 37.7 Å². The minimum absolute atomic E-state index is 0.00852. The molecule has 268 valence electrons. The molecule has 13 nitrogen and oxygen atoms in total. The number of likely N-dealkylation sites (tertiary alicyclic amines) is 1. The van der Waals surface area contributed by atoms with Crippen molar-refractivity contribution in [2.45, 2.75) is 109 Å². The van der Waals surface area contributed by atoms with Gasteiger partial charge in [0.2, 0.25) is 23.5 Å². The summed E-state index contributed by atoms with van der Waals surface area (Å²) in [6, 6.07) is 4.37. The molecule has 13 heteroatoms. The van der Waals surface area contributed by atoms with Crippen molar-refractivity contribution in [2.75, 3.05) is 26.9 Å². The average molecular weight is 682 g/mol. The summed E-state index contributed by atoms with van der Waals surface area (Å²) in [5, 5.41) is 8.50. The third kappa shape index (κ3) is 8.99. The number of ether oxygens (including phenoxy) is 2. The Morgan fingerprint density at radius 2 is 1.82 bits per heavy atom. The molecule has 2 saturated heterocycles. The second-order valence-corrected chi connectivity index (χ2v) is 14.8. The van der Waals surface area contributed by atoms with Crippen molar-refractivity contribution in [2.24, 2.45) is 11.3 Å². The van der Waals surface area contributed by atoms with Crippen LogP contribution in [0.4, 0.5) is 0 Å². The van der Waals surface area contributed by atoms with E-state index in [4.69, 9.17) is 14.3 Å². The van der Waals surface area contributed by atoms with Crippen molar-refractivity contribution >= 4 is 35.1 Å². The number of amides is 4. The van der Waals surface area contributed by atoms with E-state index in [0.717, 1.165) is 31.2 Å². The number of carbonyl (C=O) groups is 5. The Labute approximate surface area is 288 Å². The molecule has 4 atom stereocenters. The highest BCUT2D eigenvalue weighted by Crippen LogP contribution is 2.39. The number of benzene rings is 1. The van der Waals surface area contributed by atoms with E-state index in [1.165, 1.54) is 4.90 Å². The van der Waals surface area contributed by atoms with Crippen LogP contribution >= 0.6 is 0 Å². The van der Waals surface area contributed by atoms with Crippen molar-refractivity contribution in [1.29, 1.82) is 0 Å². The summed E-state index contributed by atoms with van der Waals surface area (Å²) in [5.74, 6) is -1.83. The molecule has 5 rings (SSSR count). The standard InChI is InChI=1S/C36H51N5O8/c1-6-8-26(30(43)33(45)37-24-11-12-24)38-32(44)28-20-36(19-27(40-49-36)23-9-7-10-25(18-23)47-5)21-41(28)34(46)31(35(2,3)4)39-29(42)17-22-13-15-48-16-14-22/h7,9-10,18-19,22,24,26,28,31,40H,6,8,11-17,20-21H2,1-5H3,(H,37,45)(H,38,44)(H,39,42)/t26-,28-,31+,36+/m0/s1. The van der Waals surface area contributed by atoms with E-state index in [9.17, 15) is 24.0 Å². The van der Waals surface area contributed by atoms with Gasteiger partial charge in [-0.3, -0.25) is 34.3 Å². The number of Topliss-reactive ketones (excluding diaryl/α,β-unsaturated/α-hetero) is 1. The molecule has 1 spiro atoms. The molecule has 0 radical (unpaired) electrons. The predicted molar refractivity (Wildman–Crippen MR) is 181 cm³/mol. The Bertz CT molecular complexity index is 1450. The Hall–Kier alpha value is -3.97. The summed E-state index contributed by atoms with van der Waals surface area (Å²) in [6.07, 6.45) is 6.25. The van der Waals surface area contributed by atoms with Crippen molar-refractivity contribution in [3.63, 3.8) is 0 Å². The van der Waals surface area contributed by atoms with Gasteiger partial charge in [-0.25, -0.2) is 0 Å². The zero-order valence-corrected chi connectivity index (χ0v) is 29.3. The molecule has 1 aromatic carbocycles. The van der Waals surface area contributed by atoms with Gasteiger partial charge in [-0.1, -0.05) is 46.2 Å². The molecule has 4 aliphatic rings. The number of rotatable bonds is 13. The van der Waals surface area contributed by atoms with Crippen LogP contribution in [0.1, 0.15) is 84.6 Å². The predicted octanol–water partition coefficient (Wildman–Crippen LogP) is 2.39. The Morgan fingerprint density at radius 1 is 1.08 bits per heavy atom. The third-order valence-corrected chi connectivity index (χ3v) is 9.67. The van der Waals surface area contributed by atoms with Gasteiger partial charge < -0.3 is 30.3 Å². The lowest BCUT2D eigenvalue weighted by Crippen LogP contribution is -2.59. The maximum Gasteiger partial charge on any atom is 0.289 e. The van der Waals surface area contributed by atoms with Gasteiger partial charge in [0.25, 0.3) is 5.91 Å². The molecular weight excluding hydrogens is 630 g/mol. The second-order valence-electron chi connectivity index (χ2n) is 14.8. The molecule has 0 unspecified atom stereocenters. The number of ketones is 1. The fourth-order valence-electron chi connectivity index (χ4n) is 6.67. The molecule has 3 fully saturated rings. The fourth-order valence-corrected chi connectivity index (χ4v) is 6.67. The van der Waals surface area contributed by atoms with E-state index in [-0.39, 0.29) is 43.7 Å². The molecule has 3 aliphatic heterocycles. The molecule has 4 amide bonds. The van der Waals surface area contributed by atoms with Crippen molar-refractivity contribution in [3.8, 4) is 5.75 Å². The summed E-state index contributed by atoms with van der Waals surface area (Å²) in [7, 11) is 1.58. The molecule has 4 N–H and O–H groups in total. The zero-order valence-electron chi connectivity index (χ0n) is 29.3. The van der Waals surface area contributed by atoms with E-state index < -0.39 is 52.6 Å². The summed E-state index contributed by atoms with van der Waals surface area (Å²) in [4.78, 5) is 75.5. The van der Waals surface area contributed by atoms with Crippen LogP contribution in [0.25, 0.3) is 5.70 Å². The van der Waals surface area contributed by atoms with Gasteiger partial charge in [-0.2, -0.15) is 0 Å². The van der Waals surface area contributed by atoms with Crippen LogP contribution in [0.2, 0.25) is 0 Å². The van der Waals surface area contributed by atoms with E-state index in [0.29, 0.717) is 31.1 Å². The first-order valence-electron chi connectivity index (χ1n) is 17.5. The van der Waals surface area contributed by atoms with Gasteiger partial charge in [-0.05, 0) is 61.6 Å². The molecular formula is C36H51N5O8. The highest BCUT2D eigenvalue weighted by atomic mass is 16.7. The fraction of sp³-hybridized carbons (Fsp3) is 0.639. The van der Waals surface area contributed by atoms with Crippen molar-refractivity contribution < 1.29 is 38.3 Å². The number of hydrogen-bond acceptors (Lipinski definition) is 9. The summed E-state index contributed by atoms with van der Waals surface area (Å²) in [6.45, 7) is 8.70. The van der Waals surface area contributed by atoms with Gasteiger partial charge >= 0.3 is 0 Å². The maximum atomic E-state index is 14.6. The zero-order chi connectivity index (χ0) is 35.3. The first kappa shape index (κ1) is 36.3. The normalized spacial score (nSPS) is 23.7. The van der Waals surface area contributed by atoms with Crippen molar-refractivity contribution in [1.82, 2.24) is 26.3 Å². The SMILES string of the molecule is CCC[C@H](NC(=O)[C@@H]1C[C@]2(C=C(c3cccc(OC)c3)NO2)CN1C(=O)[C@@H](NC(=O)CC1CCOCC1)C(C)(C)C)C(=O)C(=O)NC1CC1. The minimum atomic E-state index is -1.09. The van der Waals surface area contributed by atoms with E-state index in [1.54, 1.807) is 7.11 Å². The first-order valence-corrected chi connectivity index (χ1v) is 17.5. The summed E-state index contributed by atoms with van der Waals surface area (Å²) < 4.78 is 10.8. The Kier molecular flexibility index (Phi) is 11.3. The van der Waals surface area contributed by atoms with Crippen LogP contribution in [0.15, 0.2) is 30.3 Å². The van der Waals surface area contributed by atoms with E-state index >= 15 is 0 Å². The van der Waals surface area contributed by atoms with Crippen LogP contribution in [0.5, 0.6) is 5.75 Å². The first-order chi connectivity index (χ1) is 23.3. The highest BCUT2D eigenvalue weighted by molar-refractivity contribution is 6.38. The van der Waals surface area contributed by atoms with Gasteiger partial charge in [-0.15, -0.1) is 0 Å². The van der Waals surface area contributed by atoms with Crippen molar-refractivity contribution in [3.05, 3.63) is 35.9 Å². The number of hydroxylamine groups is 1. The minimum Gasteiger partial charge on any atom is -0.497 e. The van der Waals surface area contributed by atoms with Crippen LogP contribution in [-0.4, -0.2) is 90.9 Å². The maximum absolute atomic E-state index is 14.6. The molecule has 1 saturated carbocycles. The smallest absolute Gasteiger partial charge is 0.289 e. The summed E-state index contributed by atoms with van der Waals surface area (Å²) >= 11 is 0. The molecule has 3 heterocycles. The summed E-state index contributed by atoms with van der Waals surface area (Å²) in [5.41, 5.74) is 2.65. The van der Waals surface area contributed by atoms with E-state index in [2.05, 4.69) is 21.4 Å². The number of hydrogen-bond donors (Lipinski definition) is 4. The molecule has 1 aliphatic carbocycles. The third-order valence-electron chi connectivity index (χ3n) is 9.67. The van der Waals surface area contributed by atoms with Gasteiger partial charge in [0.05, 0.1) is 25.4 Å². The van der Waals surface area contributed by atoms with Crippen LogP contribution in [0.3, 0.4) is 0 Å². The van der Waals surface area contributed by atoms with Gasteiger partial charge in [0.1, 0.15) is 23.4 Å². The van der Waals surface area contributed by atoms with Crippen LogP contribution < -0.4 is 26.2 Å².